The summed E-state index contributed by atoms with van der Waals surface area (Å²) >= 11 is 0. The first-order valence-corrected chi connectivity index (χ1v) is 11.9. The van der Waals surface area contributed by atoms with E-state index in [2.05, 4.69) is 0 Å². The lowest BCUT2D eigenvalue weighted by atomic mass is 9.81. The molecule has 0 unspecified atom stereocenters. The Hall–Kier alpha value is -3.80. The summed E-state index contributed by atoms with van der Waals surface area (Å²) in [6.45, 7) is 1.04. The molecule has 6 heteroatoms. The van der Waals surface area contributed by atoms with Gasteiger partial charge in [0.15, 0.2) is 17.3 Å². The second-order valence-corrected chi connectivity index (χ2v) is 9.14. The van der Waals surface area contributed by atoms with Gasteiger partial charge in [-0.3, -0.25) is 9.59 Å². The molecule has 1 fully saturated rings. The molecule has 3 aromatic carbocycles. The molecule has 2 aliphatic rings. The lowest BCUT2D eigenvalue weighted by Gasteiger charge is -2.44. The van der Waals surface area contributed by atoms with Gasteiger partial charge in [0.1, 0.15) is 5.60 Å². The maximum Gasteiger partial charge on any atom is 0.234 e. The van der Waals surface area contributed by atoms with E-state index in [9.17, 15) is 9.59 Å². The normalized spacial score (nSPS) is 16.5. The van der Waals surface area contributed by atoms with Crippen molar-refractivity contribution in [3.05, 3.63) is 89.5 Å². The molecule has 0 N–H and O–H groups in total. The molecule has 180 valence electrons. The summed E-state index contributed by atoms with van der Waals surface area (Å²) in [5, 5.41) is 0. The van der Waals surface area contributed by atoms with E-state index < -0.39 is 5.60 Å². The third-order valence-electron chi connectivity index (χ3n) is 7.10. The highest BCUT2D eigenvalue weighted by molar-refractivity contribution is 6.01. The van der Waals surface area contributed by atoms with E-state index >= 15 is 0 Å². The summed E-state index contributed by atoms with van der Waals surface area (Å²) in [6.07, 6.45) is 1.43. The van der Waals surface area contributed by atoms with Crippen LogP contribution in [0.4, 0.5) is 0 Å². The molecule has 2 aliphatic heterocycles. The van der Waals surface area contributed by atoms with Crippen molar-refractivity contribution in [2.75, 3.05) is 27.3 Å². The highest BCUT2D eigenvalue weighted by atomic mass is 16.5. The second-order valence-electron chi connectivity index (χ2n) is 9.14. The Morgan fingerprint density at radius 3 is 2.03 bits per heavy atom. The van der Waals surface area contributed by atoms with Crippen molar-refractivity contribution in [3.8, 4) is 17.2 Å². The topological polar surface area (TPSA) is 65.1 Å². The van der Waals surface area contributed by atoms with Crippen LogP contribution in [0.25, 0.3) is 0 Å². The fraction of sp³-hybridized carbons (Fsp3) is 0.310. The van der Waals surface area contributed by atoms with Crippen LogP contribution < -0.4 is 14.2 Å². The summed E-state index contributed by atoms with van der Waals surface area (Å²) in [6, 6.07) is 23.2. The van der Waals surface area contributed by atoms with Gasteiger partial charge in [-0.15, -0.1) is 0 Å². The molecule has 0 radical (unpaired) electrons. The van der Waals surface area contributed by atoms with Crippen molar-refractivity contribution in [2.24, 2.45) is 0 Å². The number of benzene rings is 3. The Balaban J connectivity index is 1.38. The van der Waals surface area contributed by atoms with Gasteiger partial charge in [0.2, 0.25) is 11.7 Å². The van der Waals surface area contributed by atoms with Crippen molar-refractivity contribution in [3.63, 3.8) is 0 Å². The number of likely N-dealkylation sites (tertiary alicyclic amines) is 1. The lowest BCUT2D eigenvalue weighted by molar-refractivity contribution is -0.135. The van der Waals surface area contributed by atoms with Crippen LogP contribution in [-0.4, -0.2) is 49.5 Å². The zero-order chi connectivity index (χ0) is 24.4. The van der Waals surface area contributed by atoms with Crippen molar-refractivity contribution in [2.45, 2.75) is 30.8 Å². The number of rotatable bonds is 5. The molecule has 0 atom stereocenters. The van der Waals surface area contributed by atoms with E-state index in [4.69, 9.17) is 14.2 Å². The van der Waals surface area contributed by atoms with Gasteiger partial charge in [-0.1, -0.05) is 60.7 Å². The molecule has 1 spiro atoms. The lowest BCUT2D eigenvalue weighted by Crippen LogP contribution is -2.53. The highest BCUT2D eigenvalue weighted by Gasteiger charge is 2.45. The number of amides is 1. The SMILES string of the molecule is COc1ccc2c(c1OC)OC1(CCN(C(=O)C(c3ccccc3)c3ccccc3)CC1)CC2=O. The Kier molecular flexibility index (Phi) is 6.20. The van der Waals surface area contributed by atoms with Crippen molar-refractivity contribution in [1.29, 1.82) is 0 Å². The summed E-state index contributed by atoms with van der Waals surface area (Å²) in [5.74, 6) is 1.12. The van der Waals surface area contributed by atoms with Crippen molar-refractivity contribution < 1.29 is 23.8 Å². The summed E-state index contributed by atoms with van der Waals surface area (Å²) in [5.41, 5.74) is 1.80. The third kappa shape index (κ3) is 4.25. The molecule has 1 amide bonds. The third-order valence-corrected chi connectivity index (χ3v) is 7.10. The molecule has 3 aromatic rings. The molecule has 6 nitrogen and oxygen atoms in total. The van der Waals surface area contributed by atoms with Gasteiger partial charge in [-0.05, 0) is 23.3 Å². The molecule has 0 aliphatic carbocycles. The number of hydrogen-bond acceptors (Lipinski definition) is 5. The minimum atomic E-state index is -0.657. The number of fused-ring (bicyclic) bond motifs is 1. The average Bonchev–Trinajstić information content (AvgIpc) is 2.89. The van der Waals surface area contributed by atoms with E-state index in [0.717, 1.165) is 11.1 Å². The standard InChI is InChI=1S/C29H29NO5/c1-33-24-14-13-22-23(31)19-29(35-26(22)27(24)34-2)15-17-30(18-16-29)28(32)25(20-9-5-3-6-10-20)21-11-7-4-8-12-21/h3-14,25H,15-19H2,1-2H3. The number of carbonyl (C=O) groups is 2. The first-order chi connectivity index (χ1) is 17.0. The van der Waals surface area contributed by atoms with Crippen LogP contribution in [0, 0.1) is 0 Å². The Morgan fingerprint density at radius 1 is 0.886 bits per heavy atom. The maximum absolute atomic E-state index is 13.8. The molecule has 5 rings (SSSR count). The number of Topliss-reactive ketones (excluding diaryl/α,β-unsaturated/α-hetero) is 1. The van der Waals surface area contributed by atoms with Gasteiger partial charge in [-0.25, -0.2) is 0 Å². The Bertz CT molecular complexity index is 1180. The number of hydrogen-bond donors (Lipinski definition) is 0. The number of piperidine rings is 1. The highest BCUT2D eigenvalue weighted by Crippen LogP contribution is 2.48. The van der Waals surface area contributed by atoms with E-state index in [1.165, 1.54) is 0 Å². The quantitative estimate of drug-likeness (QED) is 0.532. The van der Waals surface area contributed by atoms with E-state index in [0.29, 0.717) is 48.7 Å². The number of ketones is 1. The van der Waals surface area contributed by atoms with Crippen LogP contribution in [-0.2, 0) is 4.79 Å². The fourth-order valence-corrected chi connectivity index (χ4v) is 5.22. The van der Waals surface area contributed by atoms with E-state index in [1.807, 2.05) is 65.6 Å². The minimum Gasteiger partial charge on any atom is -0.493 e. The molecular weight excluding hydrogens is 442 g/mol. The Labute approximate surface area is 205 Å². The fourth-order valence-electron chi connectivity index (χ4n) is 5.22. The van der Waals surface area contributed by atoms with Gasteiger partial charge in [0, 0.05) is 25.9 Å². The van der Waals surface area contributed by atoms with Gasteiger partial charge < -0.3 is 19.1 Å². The predicted octanol–water partition coefficient (Wildman–Crippen LogP) is 4.86. The van der Waals surface area contributed by atoms with E-state index in [1.54, 1.807) is 26.4 Å². The van der Waals surface area contributed by atoms with Crippen LogP contribution in [0.1, 0.15) is 46.7 Å². The molecule has 35 heavy (non-hydrogen) atoms. The van der Waals surface area contributed by atoms with Crippen LogP contribution >= 0.6 is 0 Å². The van der Waals surface area contributed by atoms with Crippen LogP contribution in [0.2, 0.25) is 0 Å². The van der Waals surface area contributed by atoms with E-state index in [-0.39, 0.29) is 24.0 Å². The predicted molar refractivity (Wildman–Crippen MR) is 132 cm³/mol. The number of carbonyl (C=O) groups excluding carboxylic acids is 2. The minimum absolute atomic E-state index is 0.0263. The monoisotopic (exact) mass is 471 g/mol. The molecule has 0 bridgehead atoms. The number of nitrogens with zero attached hydrogens (tertiary/aromatic N) is 1. The average molecular weight is 472 g/mol. The van der Waals surface area contributed by atoms with Crippen LogP contribution in [0.15, 0.2) is 72.8 Å². The number of methoxy groups -OCH3 is 2. The second kappa shape index (κ2) is 9.45. The zero-order valence-electron chi connectivity index (χ0n) is 20.0. The molecule has 1 saturated heterocycles. The summed E-state index contributed by atoms with van der Waals surface area (Å²) < 4.78 is 17.4. The molecule has 0 aromatic heterocycles. The first kappa shape index (κ1) is 23.0. The van der Waals surface area contributed by atoms with Gasteiger partial charge in [0.05, 0.1) is 32.1 Å². The first-order valence-electron chi connectivity index (χ1n) is 11.9. The van der Waals surface area contributed by atoms with Crippen molar-refractivity contribution >= 4 is 11.7 Å². The summed E-state index contributed by atoms with van der Waals surface area (Å²) in [7, 11) is 3.10. The van der Waals surface area contributed by atoms with Gasteiger partial charge >= 0.3 is 0 Å². The van der Waals surface area contributed by atoms with Crippen LogP contribution in [0.3, 0.4) is 0 Å². The number of ether oxygens (including phenoxy) is 3. The molecular formula is C29H29NO5. The van der Waals surface area contributed by atoms with Crippen molar-refractivity contribution in [1.82, 2.24) is 4.90 Å². The zero-order valence-corrected chi connectivity index (χ0v) is 20.0. The van der Waals surface area contributed by atoms with Crippen LogP contribution in [0.5, 0.6) is 17.2 Å². The largest absolute Gasteiger partial charge is 0.493 e. The van der Waals surface area contributed by atoms with Gasteiger partial charge in [0.25, 0.3) is 0 Å². The summed E-state index contributed by atoms with van der Waals surface area (Å²) in [4.78, 5) is 28.8. The Morgan fingerprint density at radius 2 is 1.49 bits per heavy atom. The van der Waals surface area contributed by atoms with Gasteiger partial charge in [-0.2, -0.15) is 0 Å². The maximum atomic E-state index is 13.8. The smallest absolute Gasteiger partial charge is 0.234 e. The molecule has 2 heterocycles. The molecule has 0 saturated carbocycles.